The molecule has 0 fully saturated rings. The second-order valence-electron chi connectivity index (χ2n) is 2.26. The van der Waals surface area contributed by atoms with Crippen LogP contribution < -0.4 is 4.72 Å². The highest BCUT2D eigenvalue weighted by molar-refractivity contribution is 7.89. The zero-order valence-corrected chi connectivity index (χ0v) is 9.04. The molecule has 0 radical (unpaired) electrons. The van der Waals surface area contributed by atoms with Gasteiger partial charge in [0.2, 0.25) is 10.0 Å². The van der Waals surface area contributed by atoms with Gasteiger partial charge >= 0.3 is 0 Å². The van der Waals surface area contributed by atoms with Crippen LogP contribution in [-0.2, 0) is 10.0 Å². The number of rotatable bonds is 2. The van der Waals surface area contributed by atoms with E-state index in [1.54, 1.807) is 6.07 Å². The van der Waals surface area contributed by atoms with Gasteiger partial charge in [0, 0.05) is 0 Å². The Morgan fingerprint density at radius 3 is 2.08 bits per heavy atom. The third kappa shape index (κ3) is 2.14. The van der Waals surface area contributed by atoms with Crippen LogP contribution in [0.3, 0.4) is 0 Å². The Bertz CT molecular complexity index is 396. The van der Waals surface area contributed by atoms with Gasteiger partial charge in [0.1, 0.15) is 4.90 Å². The van der Waals surface area contributed by atoms with Gasteiger partial charge < -0.3 is 0 Å². The van der Waals surface area contributed by atoms with Gasteiger partial charge in [0.15, 0.2) is 0 Å². The molecular weight excluding hydrogens is 233 g/mol. The summed E-state index contributed by atoms with van der Waals surface area (Å²) in [7, 11) is -2.27. The summed E-state index contributed by atoms with van der Waals surface area (Å²) in [6.45, 7) is 0. The Morgan fingerprint density at radius 2 is 1.69 bits per heavy atom. The number of halogens is 2. The molecule has 0 saturated carbocycles. The second-order valence-corrected chi connectivity index (χ2v) is 4.90. The summed E-state index contributed by atoms with van der Waals surface area (Å²) >= 11 is 11.4. The highest BCUT2D eigenvalue weighted by Gasteiger charge is 2.18. The Kier molecular flexibility index (Phi) is 3.18. The van der Waals surface area contributed by atoms with E-state index in [4.69, 9.17) is 23.2 Å². The van der Waals surface area contributed by atoms with E-state index in [-0.39, 0.29) is 14.9 Å². The molecule has 1 aromatic rings. The van der Waals surface area contributed by atoms with Gasteiger partial charge in [-0.2, -0.15) is 0 Å². The fourth-order valence-electron chi connectivity index (χ4n) is 0.841. The maximum atomic E-state index is 11.4. The van der Waals surface area contributed by atoms with E-state index in [1.807, 2.05) is 0 Å². The van der Waals surface area contributed by atoms with Crippen molar-refractivity contribution >= 4 is 33.2 Å². The molecule has 6 heteroatoms. The summed E-state index contributed by atoms with van der Waals surface area (Å²) in [6.07, 6.45) is 0. The van der Waals surface area contributed by atoms with Gasteiger partial charge in [0.05, 0.1) is 10.0 Å². The summed E-state index contributed by atoms with van der Waals surface area (Å²) in [4.78, 5) is -0.0826. The minimum Gasteiger partial charge on any atom is -0.214 e. The lowest BCUT2D eigenvalue weighted by atomic mass is 10.4. The van der Waals surface area contributed by atoms with Crippen molar-refractivity contribution in [2.45, 2.75) is 4.90 Å². The van der Waals surface area contributed by atoms with Crippen molar-refractivity contribution in [2.24, 2.45) is 0 Å². The Labute approximate surface area is 86.7 Å². The van der Waals surface area contributed by atoms with E-state index in [2.05, 4.69) is 4.72 Å². The van der Waals surface area contributed by atoms with Crippen LogP contribution >= 0.6 is 23.2 Å². The molecule has 0 unspecified atom stereocenters. The van der Waals surface area contributed by atoms with Gasteiger partial charge in [-0.15, -0.1) is 0 Å². The topological polar surface area (TPSA) is 46.2 Å². The first-order valence-electron chi connectivity index (χ1n) is 3.36. The van der Waals surface area contributed by atoms with Crippen molar-refractivity contribution < 1.29 is 8.42 Å². The third-order valence-corrected chi connectivity index (χ3v) is 3.83. The zero-order valence-electron chi connectivity index (χ0n) is 6.71. The Balaban J connectivity index is 3.46. The van der Waals surface area contributed by atoms with Crippen LogP contribution in [0, 0.1) is 0 Å². The summed E-state index contributed by atoms with van der Waals surface area (Å²) in [6, 6.07) is 4.52. The SMILES string of the molecule is CNS(=O)(=O)c1c(Cl)cccc1Cl. The smallest absolute Gasteiger partial charge is 0.214 e. The molecule has 3 nitrogen and oxygen atoms in total. The lowest BCUT2D eigenvalue weighted by molar-refractivity contribution is 0.588. The fraction of sp³-hybridized carbons (Fsp3) is 0.143. The lowest BCUT2D eigenvalue weighted by Crippen LogP contribution is -2.19. The lowest BCUT2D eigenvalue weighted by Gasteiger charge is -2.05. The van der Waals surface area contributed by atoms with Gasteiger partial charge in [-0.05, 0) is 19.2 Å². The molecule has 0 saturated heterocycles. The maximum absolute atomic E-state index is 11.4. The molecule has 0 aliphatic rings. The van der Waals surface area contributed by atoms with E-state index < -0.39 is 10.0 Å². The summed E-state index contributed by atoms with van der Waals surface area (Å²) in [5, 5.41) is 0.226. The van der Waals surface area contributed by atoms with Crippen LogP contribution in [0.4, 0.5) is 0 Å². The Hall–Kier alpha value is -0.290. The van der Waals surface area contributed by atoms with Crippen LogP contribution in [-0.4, -0.2) is 15.5 Å². The van der Waals surface area contributed by atoms with Crippen molar-refractivity contribution in [2.75, 3.05) is 7.05 Å². The summed E-state index contributed by atoms with van der Waals surface area (Å²) in [5.74, 6) is 0. The number of nitrogens with one attached hydrogen (secondary N) is 1. The summed E-state index contributed by atoms with van der Waals surface area (Å²) in [5.41, 5.74) is 0. The standard InChI is InChI=1S/C7H7Cl2NO2S/c1-10-13(11,12)7-5(8)3-2-4-6(7)9/h2-4,10H,1H3. The predicted molar refractivity (Wildman–Crippen MR) is 52.7 cm³/mol. The van der Waals surface area contributed by atoms with Crippen LogP contribution in [0.25, 0.3) is 0 Å². The quantitative estimate of drug-likeness (QED) is 0.858. The fourth-order valence-corrected chi connectivity index (χ4v) is 2.70. The van der Waals surface area contributed by atoms with Gasteiger partial charge in [-0.3, -0.25) is 0 Å². The minimum atomic E-state index is -3.57. The number of hydrogen-bond acceptors (Lipinski definition) is 2. The number of benzene rings is 1. The maximum Gasteiger partial charge on any atom is 0.243 e. The molecule has 0 bridgehead atoms. The molecule has 1 N–H and O–H groups in total. The molecule has 0 aliphatic carbocycles. The van der Waals surface area contributed by atoms with Crippen LogP contribution in [0.15, 0.2) is 23.1 Å². The largest absolute Gasteiger partial charge is 0.243 e. The van der Waals surface area contributed by atoms with Crippen molar-refractivity contribution in [3.8, 4) is 0 Å². The zero-order chi connectivity index (χ0) is 10.1. The molecule has 1 aromatic carbocycles. The van der Waals surface area contributed by atoms with Crippen LogP contribution in [0.5, 0.6) is 0 Å². The average molecular weight is 240 g/mol. The van der Waals surface area contributed by atoms with Crippen molar-refractivity contribution in [3.63, 3.8) is 0 Å². The van der Waals surface area contributed by atoms with Crippen LogP contribution in [0.1, 0.15) is 0 Å². The third-order valence-electron chi connectivity index (χ3n) is 1.46. The molecule has 0 aliphatic heterocycles. The summed E-state index contributed by atoms with van der Waals surface area (Å²) < 4.78 is 24.9. The van der Waals surface area contributed by atoms with E-state index in [1.165, 1.54) is 19.2 Å². The second kappa shape index (κ2) is 3.84. The molecule has 0 heterocycles. The minimum absolute atomic E-state index is 0.0826. The molecule has 1 rings (SSSR count). The van der Waals surface area contributed by atoms with Crippen molar-refractivity contribution in [1.82, 2.24) is 4.72 Å². The first-order valence-corrected chi connectivity index (χ1v) is 5.60. The normalized spacial score (nSPS) is 11.6. The van der Waals surface area contributed by atoms with Crippen molar-refractivity contribution in [3.05, 3.63) is 28.2 Å². The van der Waals surface area contributed by atoms with Crippen LogP contribution in [0.2, 0.25) is 10.0 Å². The number of sulfonamides is 1. The monoisotopic (exact) mass is 239 g/mol. The number of hydrogen-bond donors (Lipinski definition) is 1. The van der Waals surface area contributed by atoms with E-state index in [0.29, 0.717) is 0 Å². The highest BCUT2D eigenvalue weighted by Crippen LogP contribution is 2.28. The first-order chi connectivity index (χ1) is 5.99. The van der Waals surface area contributed by atoms with Crippen molar-refractivity contribution in [1.29, 1.82) is 0 Å². The van der Waals surface area contributed by atoms with Gasteiger partial charge in [-0.25, -0.2) is 13.1 Å². The molecule has 13 heavy (non-hydrogen) atoms. The van der Waals surface area contributed by atoms with E-state index in [0.717, 1.165) is 0 Å². The molecule has 0 aromatic heterocycles. The first kappa shape index (κ1) is 10.8. The highest BCUT2D eigenvalue weighted by atomic mass is 35.5. The molecule has 72 valence electrons. The molecule has 0 atom stereocenters. The Morgan fingerprint density at radius 1 is 1.23 bits per heavy atom. The average Bonchev–Trinajstić information content (AvgIpc) is 2.03. The van der Waals surface area contributed by atoms with Gasteiger partial charge in [0.25, 0.3) is 0 Å². The van der Waals surface area contributed by atoms with E-state index >= 15 is 0 Å². The predicted octanol–water partition coefficient (Wildman–Crippen LogP) is 1.90. The van der Waals surface area contributed by atoms with E-state index in [9.17, 15) is 8.42 Å². The molecule has 0 spiro atoms. The molecule has 0 amide bonds. The molecular formula is C7H7Cl2NO2S. The van der Waals surface area contributed by atoms with Gasteiger partial charge in [-0.1, -0.05) is 29.3 Å².